The summed E-state index contributed by atoms with van der Waals surface area (Å²) in [5.41, 5.74) is 0.756. The summed E-state index contributed by atoms with van der Waals surface area (Å²) in [4.78, 5) is 32.0. The second kappa shape index (κ2) is 14.7. The lowest BCUT2D eigenvalue weighted by Crippen LogP contribution is -2.63. The predicted molar refractivity (Wildman–Crippen MR) is 191 cm³/mol. The van der Waals surface area contributed by atoms with E-state index in [2.05, 4.69) is 18.8 Å². The van der Waals surface area contributed by atoms with Crippen molar-refractivity contribution in [1.82, 2.24) is 4.98 Å². The minimum Gasteiger partial charge on any atom is -0.493 e. The van der Waals surface area contributed by atoms with Crippen molar-refractivity contribution in [3.8, 4) is 11.5 Å². The number of benzene rings is 2. The fourth-order valence-corrected chi connectivity index (χ4v) is 9.54. The molecule has 15 heteroatoms. The number of aryl methyl sites for hydroxylation is 1. The first kappa shape index (κ1) is 38.8. The van der Waals surface area contributed by atoms with Gasteiger partial charge >= 0.3 is 28.5 Å². The van der Waals surface area contributed by atoms with Crippen LogP contribution in [0.25, 0.3) is 0 Å². The van der Waals surface area contributed by atoms with Gasteiger partial charge in [0.1, 0.15) is 17.0 Å². The van der Waals surface area contributed by atoms with E-state index < -0.39 is 39.4 Å². The van der Waals surface area contributed by atoms with Gasteiger partial charge in [0.15, 0.2) is 0 Å². The molecule has 0 aliphatic heterocycles. The van der Waals surface area contributed by atoms with E-state index in [-0.39, 0.29) is 54.0 Å². The van der Waals surface area contributed by atoms with Crippen molar-refractivity contribution in [2.75, 3.05) is 18.6 Å². The van der Waals surface area contributed by atoms with Gasteiger partial charge in [-0.15, -0.1) is 0 Å². The zero-order chi connectivity index (χ0) is 38.3. The number of methoxy groups -OCH3 is 1. The molecule has 0 saturated heterocycles. The lowest BCUT2D eigenvalue weighted by molar-refractivity contribution is -0.174. The second-order valence-electron chi connectivity index (χ2n) is 14.6. The van der Waals surface area contributed by atoms with E-state index in [1.54, 1.807) is 12.3 Å². The van der Waals surface area contributed by atoms with Crippen LogP contribution in [-0.4, -0.2) is 55.3 Å². The highest BCUT2D eigenvalue weighted by Crippen LogP contribution is 2.58. The van der Waals surface area contributed by atoms with Crippen LogP contribution in [0.3, 0.4) is 0 Å². The molecule has 1 aromatic heterocycles. The average molecular weight is 779 g/mol. The quantitative estimate of drug-likeness (QED) is 0.161. The molecule has 1 spiro atoms. The zero-order valence-corrected chi connectivity index (χ0v) is 31.2. The minimum atomic E-state index is -5.33. The van der Waals surface area contributed by atoms with E-state index in [4.69, 9.17) is 25.3 Å². The molecule has 10 nitrogen and oxygen atoms in total. The fraction of sp³-hybridized carbons (Fsp3) is 0.500. The zero-order valence-electron chi connectivity index (χ0n) is 29.6. The number of carbonyl (C=O) groups excluding carboxylic acids is 2. The van der Waals surface area contributed by atoms with Gasteiger partial charge in [-0.05, 0) is 128 Å². The van der Waals surface area contributed by atoms with E-state index in [1.165, 1.54) is 36.4 Å². The smallest absolute Gasteiger partial charge is 0.471 e. The molecule has 1 amide bonds. The third kappa shape index (κ3) is 7.72. The molecular formula is C38H42ClF3N2O8S. The third-order valence-electron chi connectivity index (χ3n) is 11.3. The van der Waals surface area contributed by atoms with Crippen molar-refractivity contribution in [1.29, 1.82) is 0 Å². The highest BCUT2D eigenvalue weighted by atomic mass is 35.5. The number of halogens is 4. The molecular weight excluding hydrogens is 737 g/mol. The van der Waals surface area contributed by atoms with E-state index in [0.29, 0.717) is 35.8 Å². The summed E-state index contributed by atoms with van der Waals surface area (Å²) in [7, 11) is -3.79. The Kier molecular flexibility index (Phi) is 10.8. The molecule has 3 aliphatic rings. The summed E-state index contributed by atoms with van der Waals surface area (Å²) in [5, 5.41) is 0.0730. The monoisotopic (exact) mass is 778 g/mol. The van der Waals surface area contributed by atoms with Crippen LogP contribution in [0.15, 0.2) is 54.7 Å². The van der Waals surface area contributed by atoms with Gasteiger partial charge in [0, 0.05) is 28.2 Å². The number of nitrogens with zero attached hydrogens (tertiary/aromatic N) is 2. The van der Waals surface area contributed by atoms with Crippen molar-refractivity contribution in [2.24, 2.45) is 11.8 Å². The molecule has 3 aromatic rings. The Morgan fingerprint density at radius 1 is 1.11 bits per heavy atom. The Hall–Kier alpha value is -3.88. The number of esters is 1. The summed E-state index contributed by atoms with van der Waals surface area (Å²) in [6, 6.07) is 11.9. The van der Waals surface area contributed by atoms with Crippen molar-refractivity contribution < 1.29 is 49.4 Å². The number of pyridine rings is 1. The molecule has 6 rings (SSSR count). The van der Waals surface area contributed by atoms with Gasteiger partial charge in [0.05, 0.1) is 13.7 Å². The number of hydrogen-bond donors (Lipinski definition) is 1. The number of aromatic nitrogens is 1. The molecule has 0 unspecified atom stereocenters. The van der Waals surface area contributed by atoms with Gasteiger partial charge < -0.3 is 13.7 Å². The first-order chi connectivity index (χ1) is 25.0. The number of carbonyl (C=O) groups is 2. The summed E-state index contributed by atoms with van der Waals surface area (Å²) in [6.07, 6.45) is 0.485. The average Bonchev–Trinajstić information content (AvgIpc) is 3.38. The van der Waals surface area contributed by atoms with Gasteiger partial charge in [0.2, 0.25) is 0 Å². The number of alkyl halides is 3. The summed E-state index contributed by atoms with van der Waals surface area (Å²) < 4.78 is 92.0. The summed E-state index contributed by atoms with van der Waals surface area (Å²) in [5.74, 6) is -2.34. The molecule has 1 heterocycles. The molecule has 0 radical (unpaired) electrons. The number of ether oxygens (including phenoxy) is 2. The number of rotatable bonds is 10. The molecule has 1 saturated carbocycles. The van der Waals surface area contributed by atoms with Gasteiger partial charge in [0.25, 0.3) is 0 Å². The maximum atomic E-state index is 14.3. The van der Waals surface area contributed by atoms with E-state index in [9.17, 15) is 35.7 Å². The van der Waals surface area contributed by atoms with Crippen molar-refractivity contribution in [3.05, 3.63) is 82.1 Å². The third-order valence-corrected chi connectivity index (χ3v) is 12.0. The molecule has 53 heavy (non-hydrogen) atoms. The van der Waals surface area contributed by atoms with Gasteiger partial charge in [-0.25, -0.2) is 4.79 Å². The maximum Gasteiger partial charge on any atom is 0.471 e. The van der Waals surface area contributed by atoms with Crippen molar-refractivity contribution >= 4 is 39.6 Å². The van der Waals surface area contributed by atoms with Crippen LogP contribution in [0, 0.1) is 11.8 Å². The van der Waals surface area contributed by atoms with Crippen LogP contribution < -0.4 is 13.8 Å². The second-order valence-corrected chi connectivity index (χ2v) is 16.1. The van der Waals surface area contributed by atoms with Crippen molar-refractivity contribution in [3.63, 3.8) is 0 Å². The van der Waals surface area contributed by atoms with E-state index in [0.717, 1.165) is 48.9 Å². The molecule has 286 valence electrons. The fourth-order valence-electron chi connectivity index (χ4n) is 9.01. The Morgan fingerprint density at radius 2 is 1.85 bits per heavy atom. The number of amides is 1. The number of anilines is 1. The largest absolute Gasteiger partial charge is 0.493 e. The van der Waals surface area contributed by atoms with Gasteiger partial charge in [-0.3, -0.25) is 19.2 Å². The topological polar surface area (TPSA) is 132 Å². The molecule has 3 atom stereocenters. The van der Waals surface area contributed by atoms with Crippen LogP contribution in [-0.2, 0) is 43.0 Å². The lowest BCUT2D eigenvalue weighted by atomic mass is 9.59. The molecule has 0 bridgehead atoms. The number of fused-ring (bicyclic) bond motifs is 3. The normalized spacial score (nSPS) is 24.5. The lowest BCUT2D eigenvalue weighted by Gasteiger charge is -2.51. The molecule has 1 fully saturated rings. The van der Waals surface area contributed by atoms with E-state index >= 15 is 0 Å². The van der Waals surface area contributed by atoms with Crippen LogP contribution in [0.1, 0.15) is 87.1 Å². The maximum absolute atomic E-state index is 14.3. The highest BCUT2D eigenvalue weighted by Gasteiger charge is 2.60. The van der Waals surface area contributed by atoms with Crippen LogP contribution >= 0.6 is 11.6 Å². The highest BCUT2D eigenvalue weighted by molar-refractivity contribution is 7.81. The predicted octanol–water partition coefficient (Wildman–Crippen LogP) is 7.95. The molecule has 3 aliphatic carbocycles. The Balaban J connectivity index is 1.35. The SMILES string of the molecule is COC(=O)C1(N(C(=O)C(F)(F)F)c2cccc(Cl)c2)CCC2(CC1)c1cc(OS(=O)(=O)O)ccc1C[C@@H]2C[C@@H](C)COc1ccnc2c1[C@H](C)CCC2. The Morgan fingerprint density at radius 3 is 2.51 bits per heavy atom. The minimum absolute atomic E-state index is 0.00416. The van der Waals surface area contributed by atoms with Gasteiger partial charge in [-0.2, -0.15) is 21.6 Å². The van der Waals surface area contributed by atoms with Crippen LogP contribution in [0.5, 0.6) is 11.5 Å². The summed E-state index contributed by atoms with van der Waals surface area (Å²) in [6.45, 7) is 4.62. The van der Waals surface area contributed by atoms with Gasteiger partial charge in [-0.1, -0.05) is 37.6 Å². The van der Waals surface area contributed by atoms with Crippen LogP contribution in [0.4, 0.5) is 18.9 Å². The first-order valence-electron chi connectivity index (χ1n) is 17.6. The first-order valence-corrected chi connectivity index (χ1v) is 19.4. The number of hydrogen-bond acceptors (Lipinski definition) is 8. The Labute approximate surface area is 311 Å². The molecule has 2 aromatic carbocycles. The molecule has 1 N–H and O–H groups in total. The van der Waals surface area contributed by atoms with E-state index in [1.807, 2.05) is 6.07 Å². The van der Waals surface area contributed by atoms with Crippen LogP contribution in [0.2, 0.25) is 5.02 Å². The Bertz CT molecular complexity index is 1980. The summed E-state index contributed by atoms with van der Waals surface area (Å²) >= 11 is 6.17. The van der Waals surface area contributed by atoms with Crippen molar-refractivity contribution in [2.45, 2.75) is 94.7 Å². The standard InChI is InChI=1S/C38H42ClF3N2O8S/c1-23(22-51-32-12-17-43-31-9-4-6-24(2)33(31)32)18-26-19-25-10-11-29(52-53(47,48)49)21-30(25)36(26)13-15-37(16-14-36,35(46)50-3)44(34(45)38(40,41)42)28-8-5-7-27(39)20-28/h5,7-8,10-12,17,20-21,23-24,26H,4,6,9,13-16,18-19,22H2,1-3H3,(H,47,48,49)/t23-,24-,26+,36?,37?/m1/s1.